The third-order valence-electron chi connectivity index (χ3n) is 4.70. The van der Waals surface area contributed by atoms with Crippen molar-refractivity contribution in [1.29, 1.82) is 0 Å². The molecule has 0 saturated heterocycles. The fourth-order valence-corrected chi connectivity index (χ4v) is 3.39. The van der Waals surface area contributed by atoms with Gasteiger partial charge in [0.25, 0.3) is 5.19 Å². The Labute approximate surface area is 183 Å². The van der Waals surface area contributed by atoms with Gasteiger partial charge in [0.05, 0.1) is 17.6 Å². The highest BCUT2D eigenvalue weighted by atomic mass is 32.1. The molecule has 1 aromatic heterocycles. The number of benzene rings is 2. The number of hydrogen-bond donors (Lipinski definition) is 0. The third-order valence-corrected chi connectivity index (χ3v) is 5.34. The zero-order valence-electron chi connectivity index (χ0n) is 17.7. The van der Waals surface area contributed by atoms with Gasteiger partial charge < -0.3 is 9.64 Å². The second-order valence-electron chi connectivity index (χ2n) is 7.13. The Morgan fingerprint density at radius 3 is 2.61 bits per heavy atom. The van der Waals surface area contributed by atoms with Crippen molar-refractivity contribution in [3.8, 4) is 10.9 Å². The van der Waals surface area contributed by atoms with Gasteiger partial charge in [-0.2, -0.15) is 22.5 Å². The molecule has 1 heterocycles. The number of halogens is 3. The number of aryl methyl sites for hydroxylation is 2. The molecule has 5 nitrogen and oxygen atoms in total. The summed E-state index contributed by atoms with van der Waals surface area (Å²) in [6, 6.07) is 9.23. The number of aromatic nitrogens is 2. The van der Waals surface area contributed by atoms with Gasteiger partial charge in [0.2, 0.25) is 0 Å². The van der Waals surface area contributed by atoms with E-state index >= 15 is 0 Å². The summed E-state index contributed by atoms with van der Waals surface area (Å²) < 4.78 is 49.6. The molecule has 0 amide bonds. The highest BCUT2D eigenvalue weighted by Gasteiger charge is 2.33. The van der Waals surface area contributed by atoms with E-state index in [4.69, 9.17) is 4.74 Å². The van der Waals surface area contributed by atoms with Crippen LogP contribution in [0.3, 0.4) is 0 Å². The Bertz CT molecular complexity index is 1080. The summed E-state index contributed by atoms with van der Waals surface area (Å²) >= 11 is 1.01. The molecule has 0 saturated carbocycles. The third kappa shape index (κ3) is 5.81. The molecule has 0 bridgehead atoms. The van der Waals surface area contributed by atoms with Crippen molar-refractivity contribution in [2.45, 2.75) is 33.4 Å². The van der Waals surface area contributed by atoms with Gasteiger partial charge in [-0.3, -0.25) is 0 Å². The number of ether oxygens (including phenoxy) is 1. The lowest BCUT2D eigenvalue weighted by molar-refractivity contribution is -0.138. The second-order valence-corrected chi connectivity index (χ2v) is 7.85. The molecule has 3 aromatic rings. The minimum absolute atomic E-state index is 0.0217. The van der Waals surface area contributed by atoms with Crippen molar-refractivity contribution in [2.75, 3.05) is 13.6 Å². The van der Waals surface area contributed by atoms with Crippen molar-refractivity contribution >= 4 is 23.6 Å². The van der Waals surface area contributed by atoms with Gasteiger partial charge in [-0.15, -0.1) is 0 Å². The van der Waals surface area contributed by atoms with Crippen molar-refractivity contribution in [3.63, 3.8) is 0 Å². The normalized spacial score (nSPS) is 11.8. The first-order valence-electron chi connectivity index (χ1n) is 9.68. The van der Waals surface area contributed by atoms with Crippen LogP contribution in [0.4, 0.5) is 18.9 Å². The van der Waals surface area contributed by atoms with E-state index in [1.54, 1.807) is 12.4 Å². The molecular formula is C22H23F3N4OS. The lowest BCUT2D eigenvalue weighted by Crippen LogP contribution is -2.14. The zero-order valence-corrected chi connectivity index (χ0v) is 18.5. The van der Waals surface area contributed by atoms with Crippen LogP contribution in [0.15, 0.2) is 41.4 Å². The lowest BCUT2D eigenvalue weighted by atomic mass is 10.0. The maximum Gasteiger partial charge on any atom is 0.416 e. The van der Waals surface area contributed by atoms with E-state index in [-0.39, 0.29) is 23.0 Å². The van der Waals surface area contributed by atoms with E-state index in [1.165, 1.54) is 12.1 Å². The van der Waals surface area contributed by atoms with Gasteiger partial charge in [0, 0.05) is 31.5 Å². The number of hydrogen-bond acceptors (Lipinski definition) is 5. The Morgan fingerprint density at radius 2 is 1.90 bits per heavy atom. The van der Waals surface area contributed by atoms with Crippen LogP contribution in [0.2, 0.25) is 0 Å². The van der Waals surface area contributed by atoms with Crippen molar-refractivity contribution in [3.05, 3.63) is 64.5 Å². The molecule has 164 valence electrons. The predicted molar refractivity (Wildman–Crippen MR) is 117 cm³/mol. The van der Waals surface area contributed by atoms with Crippen LogP contribution in [0, 0.1) is 13.8 Å². The summed E-state index contributed by atoms with van der Waals surface area (Å²) in [4.78, 5) is 10.7. The first-order chi connectivity index (χ1) is 14.7. The highest BCUT2D eigenvalue weighted by molar-refractivity contribution is 7.07. The average Bonchev–Trinajstić information content (AvgIpc) is 3.15. The second kappa shape index (κ2) is 9.47. The van der Waals surface area contributed by atoms with Crippen LogP contribution in [-0.4, -0.2) is 34.2 Å². The van der Waals surface area contributed by atoms with Crippen molar-refractivity contribution in [1.82, 2.24) is 14.3 Å². The lowest BCUT2D eigenvalue weighted by Gasteiger charge is -2.11. The van der Waals surface area contributed by atoms with Crippen LogP contribution in [0.25, 0.3) is 0 Å². The topological polar surface area (TPSA) is 50.6 Å². The number of aliphatic imine (C=N–C) groups is 1. The van der Waals surface area contributed by atoms with E-state index in [9.17, 15) is 13.2 Å². The Morgan fingerprint density at radius 1 is 1.16 bits per heavy atom. The summed E-state index contributed by atoms with van der Waals surface area (Å²) in [6.07, 6.45) is -2.67. The van der Waals surface area contributed by atoms with Gasteiger partial charge in [0.1, 0.15) is 5.75 Å². The molecule has 0 N–H and O–H groups in total. The fourth-order valence-electron chi connectivity index (χ4n) is 2.83. The van der Waals surface area contributed by atoms with Gasteiger partial charge in [-0.1, -0.05) is 18.2 Å². The largest absolute Gasteiger partial charge is 0.430 e. The number of nitrogens with zero attached hydrogens (tertiary/aromatic N) is 4. The standard InChI is InChI=1S/C22H23F3N4OS/c1-5-29(4)13-26-18-10-15(3)19(11-14(18)2)30-21-27-20(28-31-21)12-16-8-6-7-9-17(16)22(23,24)25/h6-11,13H,5,12H2,1-4H3. The highest BCUT2D eigenvalue weighted by Crippen LogP contribution is 2.34. The molecule has 0 spiro atoms. The maximum atomic E-state index is 13.2. The SMILES string of the molecule is CCN(C)C=Nc1cc(C)c(Oc2nc(Cc3ccccc3C(F)(F)F)ns2)cc1C. The zero-order chi connectivity index (χ0) is 22.6. The van der Waals surface area contributed by atoms with E-state index in [2.05, 4.69) is 14.3 Å². The number of rotatable bonds is 7. The van der Waals surface area contributed by atoms with Gasteiger partial charge in [-0.05, 0) is 55.7 Å². The smallest absolute Gasteiger partial charge is 0.416 e. The molecule has 31 heavy (non-hydrogen) atoms. The minimum Gasteiger partial charge on any atom is -0.430 e. The van der Waals surface area contributed by atoms with Crippen LogP contribution in [0.1, 0.15) is 35.0 Å². The van der Waals surface area contributed by atoms with Crippen LogP contribution in [-0.2, 0) is 12.6 Å². The number of alkyl halides is 3. The summed E-state index contributed by atoms with van der Waals surface area (Å²) in [6.45, 7) is 6.73. The molecule has 0 fully saturated rings. The van der Waals surface area contributed by atoms with E-state index in [1.807, 2.05) is 44.9 Å². The van der Waals surface area contributed by atoms with Crippen molar-refractivity contribution in [2.24, 2.45) is 4.99 Å². The minimum atomic E-state index is -4.42. The average molecular weight is 449 g/mol. The summed E-state index contributed by atoms with van der Waals surface area (Å²) in [5.41, 5.74) is 2.10. The maximum absolute atomic E-state index is 13.2. The Kier molecular flexibility index (Phi) is 6.94. The van der Waals surface area contributed by atoms with E-state index < -0.39 is 11.7 Å². The van der Waals surface area contributed by atoms with Gasteiger partial charge >= 0.3 is 6.18 Å². The quantitative estimate of drug-likeness (QED) is 0.320. The summed E-state index contributed by atoms with van der Waals surface area (Å²) in [7, 11) is 1.95. The molecule has 0 unspecified atom stereocenters. The van der Waals surface area contributed by atoms with Crippen LogP contribution in [0.5, 0.6) is 10.9 Å². The fraction of sp³-hybridized carbons (Fsp3) is 0.318. The molecule has 0 aliphatic rings. The molecule has 0 atom stereocenters. The molecule has 3 rings (SSSR count). The van der Waals surface area contributed by atoms with Crippen molar-refractivity contribution < 1.29 is 17.9 Å². The molecule has 0 aliphatic heterocycles. The van der Waals surface area contributed by atoms with Crippen LogP contribution >= 0.6 is 11.5 Å². The molecule has 9 heteroatoms. The Hall–Kier alpha value is -2.94. The first kappa shape index (κ1) is 22.7. The van der Waals surface area contributed by atoms with E-state index in [0.29, 0.717) is 5.75 Å². The first-order valence-corrected chi connectivity index (χ1v) is 10.5. The predicted octanol–water partition coefficient (Wildman–Crippen LogP) is 6.17. The van der Waals surface area contributed by atoms with Gasteiger partial charge in [-0.25, -0.2) is 4.99 Å². The van der Waals surface area contributed by atoms with E-state index in [0.717, 1.165) is 41.0 Å². The molecule has 0 aliphatic carbocycles. The Balaban J connectivity index is 1.76. The molecular weight excluding hydrogens is 425 g/mol. The van der Waals surface area contributed by atoms with Crippen LogP contribution < -0.4 is 4.74 Å². The monoisotopic (exact) mass is 448 g/mol. The summed E-state index contributed by atoms with van der Waals surface area (Å²) in [5.74, 6) is 0.897. The molecule has 2 aromatic carbocycles. The summed E-state index contributed by atoms with van der Waals surface area (Å²) in [5, 5.41) is 0.281. The molecule has 0 radical (unpaired) electrons. The van der Waals surface area contributed by atoms with Gasteiger partial charge in [0.15, 0.2) is 5.82 Å².